The van der Waals surface area contributed by atoms with Gasteiger partial charge in [0.15, 0.2) is 5.82 Å². The van der Waals surface area contributed by atoms with Crippen LogP contribution in [0.2, 0.25) is 0 Å². The highest BCUT2D eigenvalue weighted by Gasteiger charge is 2.48. The number of aromatic hydroxyl groups is 1. The first-order chi connectivity index (χ1) is 18.0. The minimum absolute atomic E-state index is 0.0139. The van der Waals surface area contributed by atoms with Crippen LogP contribution < -0.4 is 15.5 Å². The standard InChI is InChI=1S/C28H40N8O2/c1-27(2)15-21(16-28(3,4)36(27)26(38)30-13-7-12-29-5)35(6)25-11-10-23(33-34-25)22-9-8-19(14-24(22)37)20-17-31-32-18-20/h8-11,14,17-18,21,29,37H,7,12-13,15-16H2,1-6H3,(H,30,38)(H,31,32). The van der Waals surface area contributed by atoms with Gasteiger partial charge in [-0.05, 0) is 90.4 Å². The van der Waals surface area contributed by atoms with Crippen molar-refractivity contribution in [2.75, 3.05) is 32.1 Å². The molecule has 0 aliphatic carbocycles. The molecular formula is C28H40N8O2. The van der Waals surface area contributed by atoms with Crippen molar-refractivity contribution in [1.29, 1.82) is 0 Å². The Balaban J connectivity index is 1.46. The Morgan fingerprint density at radius 1 is 1.11 bits per heavy atom. The molecule has 1 saturated heterocycles. The van der Waals surface area contributed by atoms with Gasteiger partial charge in [-0.1, -0.05) is 6.07 Å². The highest BCUT2D eigenvalue weighted by molar-refractivity contribution is 5.76. The van der Waals surface area contributed by atoms with Gasteiger partial charge in [0.05, 0.1) is 11.9 Å². The second kappa shape index (κ2) is 11.0. The number of aromatic nitrogens is 4. The third-order valence-electron chi connectivity index (χ3n) is 7.43. The Morgan fingerprint density at radius 2 is 1.84 bits per heavy atom. The molecule has 4 N–H and O–H groups in total. The summed E-state index contributed by atoms with van der Waals surface area (Å²) in [5.41, 5.74) is 2.30. The Morgan fingerprint density at radius 3 is 2.42 bits per heavy atom. The maximum atomic E-state index is 13.2. The molecule has 0 bridgehead atoms. The van der Waals surface area contributed by atoms with E-state index in [2.05, 4.69) is 63.6 Å². The van der Waals surface area contributed by atoms with Crippen LogP contribution >= 0.6 is 0 Å². The van der Waals surface area contributed by atoms with Crippen molar-refractivity contribution in [1.82, 2.24) is 35.9 Å². The number of rotatable bonds is 8. The minimum atomic E-state index is -0.344. The number of anilines is 1. The number of carbonyl (C=O) groups is 1. The first-order valence-corrected chi connectivity index (χ1v) is 13.2. The zero-order chi connectivity index (χ0) is 27.5. The molecule has 38 heavy (non-hydrogen) atoms. The molecule has 2 amide bonds. The third-order valence-corrected chi connectivity index (χ3v) is 7.43. The fraction of sp³-hybridized carbons (Fsp3) is 0.500. The van der Waals surface area contributed by atoms with E-state index in [0.29, 0.717) is 17.8 Å². The van der Waals surface area contributed by atoms with Crippen LogP contribution in [0.15, 0.2) is 42.7 Å². The molecule has 2 aromatic heterocycles. The average molecular weight is 521 g/mol. The molecule has 1 fully saturated rings. The molecule has 4 rings (SSSR count). The molecule has 0 radical (unpaired) electrons. The third kappa shape index (κ3) is 5.75. The number of urea groups is 1. The smallest absolute Gasteiger partial charge is 0.318 e. The van der Waals surface area contributed by atoms with Crippen LogP contribution in [0.5, 0.6) is 5.75 Å². The molecule has 1 aliphatic rings. The summed E-state index contributed by atoms with van der Waals surface area (Å²) in [5, 5.41) is 32.5. The molecule has 0 spiro atoms. The molecule has 10 nitrogen and oxygen atoms in total. The Labute approximate surface area is 224 Å². The first kappa shape index (κ1) is 27.4. The quantitative estimate of drug-likeness (QED) is 0.331. The average Bonchev–Trinajstić information content (AvgIpc) is 3.40. The lowest BCUT2D eigenvalue weighted by Gasteiger charge is -2.56. The number of hydrogen-bond donors (Lipinski definition) is 4. The lowest BCUT2D eigenvalue weighted by molar-refractivity contribution is 0.00224. The van der Waals surface area contributed by atoms with Gasteiger partial charge in [-0.15, -0.1) is 10.2 Å². The number of phenolic OH excluding ortho intramolecular Hbond substituents is 1. The van der Waals surface area contributed by atoms with Crippen LogP contribution in [0.25, 0.3) is 22.4 Å². The fourth-order valence-corrected chi connectivity index (χ4v) is 5.77. The zero-order valence-corrected chi connectivity index (χ0v) is 23.2. The highest BCUT2D eigenvalue weighted by Crippen LogP contribution is 2.41. The molecule has 1 aliphatic heterocycles. The van der Waals surface area contributed by atoms with Crippen LogP contribution in [0.4, 0.5) is 10.6 Å². The summed E-state index contributed by atoms with van der Waals surface area (Å²) in [6.07, 6.45) is 5.99. The van der Waals surface area contributed by atoms with Gasteiger partial charge in [-0.25, -0.2) is 4.79 Å². The number of phenols is 1. The van der Waals surface area contributed by atoms with E-state index in [9.17, 15) is 9.90 Å². The van der Waals surface area contributed by atoms with Gasteiger partial charge in [0, 0.05) is 48.0 Å². The van der Waals surface area contributed by atoms with Gasteiger partial charge in [0.25, 0.3) is 0 Å². The predicted molar refractivity (Wildman–Crippen MR) is 150 cm³/mol. The Hall–Kier alpha value is -3.66. The maximum Gasteiger partial charge on any atom is 0.318 e. The van der Waals surface area contributed by atoms with Gasteiger partial charge in [0.1, 0.15) is 5.75 Å². The zero-order valence-electron chi connectivity index (χ0n) is 23.2. The van der Waals surface area contributed by atoms with E-state index < -0.39 is 0 Å². The molecule has 0 atom stereocenters. The summed E-state index contributed by atoms with van der Waals surface area (Å²) >= 11 is 0. The van der Waals surface area contributed by atoms with E-state index >= 15 is 0 Å². The summed E-state index contributed by atoms with van der Waals surface area (Å²) < 4.78 is 0. The van der Waals surface area contributed by atoms with Crippen LogP contribution in [-0.2, 0) is 0 Å². The van der Waals surface area contributed by atoms with E-state index in [1.54, 1.807) is 18.5 Å². The number of H-pyrrole nitrogens is 1. The van der Waals surface area contributed by atoms with E-state index in [4.69, 9.17) is 0 Å². The normalized spacial score (nSPS) is 16.8. The number of carbonyl (C=O) groups excluding carboxylic acids is 1. The number of nitrogens with one attached hydrogen (secondary N) is 3. The van der Waals surface area contributed by atoms with Crippen LogP contribution in [0.1, 0.15) is 47.0 Å². The Kier molecular flexibility index (Phi) is 7.91. The lowest BCUT2D eigenvalue weighted by Crippen LogP contribution is -2.67. The Bertz CT molecular complexity index is 1210. The number of aromatic amines is 1. The number of benzene rings is 1. The number of amides is 2. The van der Waals surface area contributed by atoms with Crippen molar-refractivity contribution in [3.8, 4) is 28.1 Å². The molecule has 1 aromatic carbocycles. The monoisotopic (exact) mass is 520 g/mol. The molecule has 3 aromatic rings. The summed E-state index contributed by atoms with van der Waals surface area (Å²) in [7, 11) is 3.95. The topological polar surface area (TPSA) is 122 Å². The van der Waals surface area contributed by atoms with E-state index in [-0.39, 0.29) is 28.9 Å². The summed E-state index contributed by atoms with van der Waals surface area (Å²) in [6, 6.07) is 9.46. The van der Waals surface area contributed by atoms with Crippen LogP contribution in [0.3, 0.4) is 0 Å². The molecule has 0 unspecified atom stereocenters. The van der Waals surface area contributed by atoms with Crippen molar-refractivity contribution in [2.24, 2.45) is 0 Å². The lowest BCUT2D eigenvalue weighted by atomic mass is 9.76. The minimum Gasteiger partial charge on any atom is -0.507 e. The van der Waals surface area contributed by atoms with Gasteiger partial charge in [0.2, 0.25) is 0 Å². The largest absolute Gasteiger partial charge is 0.507 e. The molecule has 0 saturated carbocycles. The SMILES string of the molecule is CNCCCNC(=O)N1C(C)(C)CC(N(C)c2ccc(-c3ccc(-c4cn[nH]c4)cc3O)nn2)CC1(C)C. The molecule has 3 heterocycles. The number of likely N-dealkylation sites (tertiary alicyclic amines) is 1. The van der Waals surface area contributed by atoms with Crippen molar-refractivity contribution >= 4 is 11.8 Å². The number of hydrogen-bond acceptors (Lipinski definition) is 7. The highest BCUT2D eigenvalue weighted by atomic mass is 16.3. The van der Waals surface area contributed by atoms with Crippen molar-refractivity contribution in [2.45, 2.75) is 64.1 Å². The maximum absolute atomic E-state index is 13.2. The van der Waals surface area contributed by atoms with Crippen molar-refractivity contribution < 1.29 is 9.90 Å². The van der Waals surface area contributed by atoms with Crippen molar-refractivity contribution in [3.63, 3.8) is 0 Å². The molecule has 204 valence electrons. The van der Waals surface area contributed by atoms with Crippen molar-refractivity contribution in [3.05, 3.63) is 42.7 Å². The summed E-state index contributed by atoms with van der Waals surface area (Å²) in [6.45, 7) is 10.0. The summed E-state index contributed by atoms with van der Waals surface area (Å²) in [5.74, 6) is 0.893. The second-order valence-corrected chi connectivity index (χ2v) is 11.3. The van der Waals surface area contributed by atoms with Crippen LogP contribution in [0, 0.1) is 0 Å². The first-order valence-electron chi connectivity index (χ1n) is 13.2. The van der Waals surface area contributed by atoms with Gasteiger partial charge in [-0.3, -0.25) is 5.10 Å². The second-order valence-electron chi connectivity index (χ2n) is 11.3. The number of piperidine rings is 1. The predicted octanol–water partition coefficient (Wildman–Crippen LogP) is 4.02. The summed E-state index contributed by atoms with van der Waals surface area (Å²) in [4.78, 5) is 17.3. The van der Waals surface area contributed by atoms with Crippen LogP contribution in [-0.4, -0.2) is 80.7 Å². The van der Waals surface area contributed by atoms with Gasteiger partial charge >= 0.3 is 6.03 Å². The van der Waals surface area contributed by atoms with Gasteiger partial charge in [-0.2, -0.15) is 5.10 Å². The van der Waals surface area contributed by atoms with E-state index in [1.165, 1.54) is 0 Å². The van der Waals surface area contributed by atoms with Gasteiger partial charge < -0.3 is 25.5 Å². The van der Waals surface area contributed by atoms with E-state index in [0.717, 1.165) is 42.8 Å². The molecular weight excluding hydrogens is 480 g/mol. The molecule has 10 heteroatoms. The number of nitrogens with zero attached hydrogens (tertiary/aromatic N) is 5. The van der Waals surface area contributed by atoms with E-state index in [1.807, 2.05) is 43.3 Å². The fourth-order valence-electron chi connectivity index (χ4n) is 5.77.